The van der Waals surface area contributed by atoms with Crippen LogP contribution in [0.1, 0.15) is 0 Å². The molecular formula is C12H16KO19Sb. The standard InChI is InChI=1S/3C4H6O6.K.H4O.Sb/c3*5-1(3(7)8)2(6)4(9)10;;;/h3*1-2,5-6H,(H,7,8)(H,9,10);;1H4;/q;;;+1;+2;+3/p-6. The van der Waals surface area contributed by atoms with Gasteiger partial charge in [0, 0.05) is 0 Å². The van der Waals surface area contributed by atoms with Crippen LogP contribution in [0.2, 0.25) is 0 Å². The van der Waals surface area contributed by atoms with E-state index in [2.05, 4.69) is 0 Å². The Morgan fingerprint density at radius 1 is 0.394 bits per heavy atom. The first-order valence-corrected chi connectivity index (χ1v) is 6.73. The molecule has 0 aliphatic carbocycles. The summed E-state index contributed by atoms with van der Waals surface area (Å²) in [6, 6.07) is 0. The monoisotopic (exact) mass is 624 g/mol. The maximum atomic E-state index is 9.63. The van der Waals surface area contributed by atoms with E-state index in [9.17, 15) is 59.4 Å². The van der Waals surface area contributed by atoms with Gasteiger partial charge in [0.1, 0.15) is 36.6 Å². The van der Waals surface area contributed by atoms with Crippen LogP contribution in [0.4, 0.5) is 0 Å². The molecule has 0 bridgehead atoms. The van der Waals surface area contributed by atoms with Crippen molar-refractivity contribution in [3.8, 4) is 0 Å². The van der Waals surface area contributed by atoms with E-state index in [-0.39, 0.29) is 81.3 Å². The molecule has 6 atom stereocenters. The van der Waals surface area contributed by atoms with Gasteiger partial charge in [0.2, 0.25) is 0 Å². The van der Waals surface area contributed by atoms with Crippen LogP contribution in [0.15, 0.2) is 0 Å². The zero-order valence-corrected chi connectivity index (χ0v) is 21.9. The van der Waals surface area contributed by atoms with Gasteiger partial charge in [0.15, 0.2) is 0 Å². The third kappa shape index (κ3) is 21.3. The molecule has 0 aromatic heterocycles. The van der Waals surface area contributed by atoms with Crippen LogP contribution < -0.4 is 82.0 Å². The molecule has 0 fully saturated rings. The molecule has 0 saturated heterocycles. The second kappa shape index (κ2) is 22.8. The Labute approximate surface area is 241 Å². The van der Waals surface area contributed by atoms with Gasteiger partial charge in [0.25, 0.3) is 0 Å². The smallest absolute Gasteiger partial charge is 0.873 e. The molecule has 0 aromatic carbocycles. The number of carbonyl (C=O) groups is 6. The summed E-state index contributed by atoms with van der Waals surface area (Å²) >= 11 is 0. The van der Waals surface area contributed by atoms with Crippen molar-refractivity contribution < 1.29 is 147 Å². The molecule has 0 saturated carbocycles. The van der Waals surface area contributed by atoms with Gasteiger partial charge in [-0.25, -0.2) is 0 Å². The molecule has 0 aliphatic rings. The first kappa shape index (κ1) is 45.5. The van der Waals surface area contributed by atoms with Gasteiger partial charge in [-0.3, -0.25) is 0 Å². The van der Waals surface area contributed by atoms with Gasteiger partial charge in [-0.1, -0.05) is 0 Å². The van der Waals surface area contributed by atoms with E-state index in [1.165, 1.54) is 0 Å². The molecule has 19 nitrogen and oxygen atoms in total. The van der Waals surface area contributed by atoms with E-state index in [1.807, 2.05) is 0 Å². The second-order valence-corrected chi connectivity index (χ2v) is 4.58. The topological polar surface area (TPSA) is 397 Å². The van der Waals surface area contributed by atoms with Crippen LogP contribution >= 0.6 is 0 Å². The fourth-order valence-corrected chi connectivity index (χ4v) is 0.773. The Hall–Kier alpha value is -1.01. The number of carboxylic acids is 6. The normalized spacial score (nSPS) is 14.4. The van der Waals surface area contributed by atoms with E-state index in [4.69, 9.17) is 30.6 Å². The fraction of sp³-hybridized carbons (Fsp3) is 0.500. The summed E-state index contributed by atoms with van der Waals surface area (Å²) in [7, 11) is 0. The number of hydrogen-bond donors (Lipinski definition) is 6. The van der Waals surface area contributed by atoms with Crippen molar-refractivity contribution in [1.29, 1.82) is 0 Å². The molecule has 33 heavy (non-hydrogen) atoms. The fourth-order valence-electron chi connectivity index (χ4n) is 0.773. The van der Waals surface area contributed by atoms with E-state index < -0.39 is 72.4 Å². The van der Waals surface area contributed by atoms with Gasteiger partial charge < -0.3 is 95.5 Å². The number of aliphatic hydroxyl groups is 6. The molecule has 0 amide bonds. The molecule has 21 heteroatoms. The van der Waals surface area contributed by atoms with Gasteiger partial charge in [-0.15, -0.1) is 0 Å². The largest absolute Gasteiger partial charge is 3.00 e. The molecule has 6 unspecified atom stereocenters. The van der Waals surface area contributed by atoms with Crippen molar-refractivity contribution in [2.24, 2.45) is 0 Å². The number of carboxylic acid groups (broad SMARTS) is 6. The van der Waals surface area contributed by atoms with Crippen molar-refractivity contribution in [1.82, 2.24) is 0 Å². The molecule has 0 spiro atoms. The maximum Gasteiger partial charge on any atom is 3.00 e. The van der Waals surface area contributed by atoms with Crippen LogP contribution in [-0.4, -0.2) is 128 Å². The summed E-state index contributed by atoms with van der Waals surface area (Å²) in [5.41, 5.74) is 0. The van der Waals surface area contributed by atoms with E-state index >= 15 is 0 Å². The van der Waals surface area contributed by atoms with Crippen molar-refractivity contribution in [2.45, 2.75) is 36.6 Å². The third-order valence-electron chi connectivity index (χ3n) is 2.35. The number of aliphatic carboxylic acids is 6. The molecule has 0 heterocycles. The second-order valence-electron chi connectivity index (χ2n) is 4.58. The third-order valence-corrected chi connectivity index (χ3v) is 2.35. The minimum Gasteiger partial charge on any atom is -0.873 e. The Bertz CT molecular complexity index is 501. The Balaban J connectivity index is -0.0000000792. The molecule has 0 aliphatic heterocycles. The number of rotatable bonds is 9. The average molecular weight is 625 g/mol. The zero-order valence-electron chi connectivity index (χ0n) is 16.2. The summed E-state index contributed by atoms with van der Waals surface area (Å²) < 4.78 is 0. The molecule has 10 N–H and O–H groups in total. The predicted octanol–water partition coefficient (Wildman–Crippen LogP) is -18.9. The number of hydrogen-bond acceptors (Lipinski definition) is 18. The summed E-state index contributed by atoms with van der Waals surface area (Å²) in [4.78, 5) is 57.8. The number of aliphatic hydroxyl groups excluding tert-OH is 6. The first-order chi connectivity index (χ1) is 13.4. The number of carbonyl (C=O) groups excluding carboxylic acids is 6. The van der Waals surface area contributed by atoms with E-state index in [1.54, 1.807) is 0 Å². The molecule has 0 rings (SSSR count). The Morgan fingerprint density at radius 2 is 0.455 bits per heavy atom. The summed E-state index contributed by atoms with van der Waals surface area (Å²) in [5, 5.41) is 107. The zero-order chi connectivity index (χ0) is 24.9. The van der Waals surface area contributed by atoms with Crippen LogP contribution in [0, 0.1) is 0 Å². The van der Waals surface area contributed by atoms with E-state index in [0.717, 1.165) is 0 Å². The van der Waals surface area contributed by atoms with Crippen molar-refractivity contribution in [2.75, 3.05) is 0 Å². The van der Waals surface area contributed by atoms with Gasteiger partial charge >= 0.3 is 75.8 Å². The minimum atomic E-state index is -2.44. The molecule has 2 radical (unpaired) electrons. The van der Waals surface area contributed by atoms with Gasteiger partial charge in [-0.05, 0) is 0 Å². The quantitative estimate of drug-likeness (QED) is 0.129. The van der Waals surface area contributed by atoms with Crippen LogP contribution in [0.5, 0.6) is 0 Å². The Kier molecular flexibility index (Phi) is 31.4. The predicted molar refractivity (Wildman–Crippen MR) is 78.1 cm³/mol. The van der Waals surface area contributed by atoms with Crippen molar-refractivity contribution in [3.63, 3.8) is 0 Å². The van der Waals surface area contributed by atoms with Crippen molar-refractivity contribution >= 4 is 60.2 Å². The maximum absolute atomic E-state index is 9.63. The van der Waals surface area contributed by atoms with Gasteiger partial charge in [-0.2, -0.15) is 0 Å². The SMILES string of the molecule is O=C([O-])C(O)C(O)C(=O)[O-].O=C([O-])C(O)C(O)C(=O)[O-].O=C([O-])C(O)C(O)C(=O)[O-].[K+].[OH4+2].[Sb+3]. The van der Waals surface area contributed by atoms with E-state index in [0.29, 0.717) is 0 Å². The Morgan fingerprint density at radius 3 is 0.485 bits per heavy atom. The van der Waals surface area contributed by atoms with Crippen molar-refractivity contribution in [3.05, 3.63) is 0 Å². The molecular weight excluding hydrogens is 609 g/mol. The first-order valence-electron chi connectivity index (χ1n) is 6.73. The summed E-state index contributed by atoms with van der Waals surface area (Å²) in [6.07, 6.45) is -14.6. The summed E-state index contributed by atoms with van der Waals surface area (Å²) in [5.74, 6) is -12.4. The molecule has 184 valence electrons. The molecule has 0 aromatic rings. The van der Waals surface area contributed by atoms with Crippen LogP contribution in [0.25, 0.3) is 0 Å². The average Bonchev–Trinajstić information content (AvgIpc) is 2.64. The minimum absolute atomic E-state index is 0. The summed E-state index contributed by atoms with van der Waals surface area (Å²) in [6.45, 7) is 0. The van der Waals surface area contributed by atoms with Gasteiger partial charge in [0.05, 0.1) is 35.8 Å². The van der Waals surface area contributed by atoms with Crippen LogP contribution in [0.3, 0.4) is 0 Å². The van der Waals surface area contributed by atoms with Crippen LogP contribution in [-0.2, 0) is 34.2 Å².